The standard InChI is InChI=1S/C65H58F2N2/c1-61-33-11-13-35-63(61,3)68(51-23-15-21-49(66)41-51)59-31-27-45(39-57(59)61)43-25-29-53-54-30-26-44(38-56(54)65(55(53)37-43,47-17-7-5-8-18-47)48-19-9-6-10-20-48)46-28-32-60-58(40-46)62(2)34-12-14-36-64(62,4)69(60)52-24-16-22-50(67)42-52/h5-10,15-32,37-42H,11-14,33-36H2,1-4H3. The lowest BCUT2D eigenvalue weighted by Gasteiger charge is -2.50. The Morgan fingerprint density at radius 2 is 0.739 bits per heavy atom. The Kier molecular flexibility index (Phi) is 9.27. The molecule has 0 spiro atoms. The summed E-state index contributed by atoms with van der Waals surface area (Å²) in [4.78, 5) is 4.91. The minimum absolute atomic E-state index is 0.105. The second kappa shape index (κ2) is 15.1. The van der Waals surface area contributed by atoms with Crippen LogP contribution in [0, 0.1) is 11.6 Å². The summed E-state index contributed by atoms with van der Waals surface area (Å²) in [6.45, 7) is 9.72. The molecule has 0 N–H and O–H groups in total. The highest BCUT2D eigenvalue weighted by molar-refractivity contribution is 5.91. The second-order valence-corrected chi connectivity index (χ2v) is 21.7. The van der Waals surface area contributed by atoms with Crippen LogP contribution in [0.1, 0.15) is 112 Å². The van der Waals surface area contributed by atoms with Gasteiger partial charge in [0.1, 0.15) is 11.6 Å². The quantitative estimate of drug-likeness (QED) is 0.164. The smallest absolute Gasteiger partial charge is 0.125 e. The topological polar surface area (TPSA) is 6.48 Å². The van der Waals surface area contributed by atoms with Gasteiger partial charge in [0.25, 0.3) is 0 Å². The Bertz CT molecular complexity index is 3140. The lowest BCUT2D eigenvalue weighted by Crippen LogP contribution is -2.54. The van der Waals surface area contributed by atoms with E-state index in [0.717, 1.165) is 49.9 Å². The fourth-order valence-electron chi connectivity index (χ4n) is 14.7. The van der Waals surface area contributed by atoms with Crippen molar-refractivity contribution in [2.45, 2.75) is 106 Å². The molecule has 4 heteroatoms. The molecule has 4 atom stereocenters. The molecule has 2 heterocycles. The monoisotopic (exact) mass is 904 g/mol. The predicted molar refractivity (Wildman–Crippen MR) is 280 cm³/mol. The molecule has 2 nitrogen and oxygen atoms in total. The zero-order chi connectivity index (χ0) is 46.9. The number of benzene rings is 8. The summed E-state index contributed by atoms with van der Waals surface area (Å²) in [5.41, 5.74) is 18.1. The van der Waals surface area contributed by atoms with Crippen LogP contribution in [-0.2, 0) is 16.2 Å². The van der Waals surface area contributed by atoms with Crippen molar-refractivity contribution in [2.75, 3.05) is 9.80 Å². The van der Waals surface area contributed by atoms with Crippen LogP contribution < -0.4 is 9.80 Å². The van der Waals surface area contributed by atoms with E-state index in [0.29, 0.717) is 0 Å². The van der Waals surface area contributed by atoms with Crippen LogP contribution in [0.5, 0.6) is 0 Å². The van der Waals surface area contributed by atoms with Gasteiger partial charge in [0.05, 0.1) is 16.5 Å². The van der Waals surface area contributed by atoms with E-state index >= 15 is 0 Å². The van der Waals surface area contributed by atoms with Gasteiger partial charge in [0, 0.05) is 33.6 Å². The van der Waals surface area contributed by atoms with E-state index in [9.17, 15) is 8.78 Å². The zero-order valence-corrected chi connectivity index (χ0v) is 40.1. The summed E-state index contributed by atoms with van der Waals surface area (Å²) in [6.07, 6.45) is 8.97. The molecule has 8 aromatic carbocycles. The molecule has 2 saturated carbocycles. The Balaban J connectivity index is 0.981. The third-order valence-corrected chi connectivity index (χ3v) is 18.6. The number of fused-ring (bicyclic) bond motifs is 9. The lowest BCUT2D eigenvalue weighted by molar-refractivity contribution is 0.195. The summed E-state index contributed by atoms with van der Waals surface area (Å²) in [5.74, 6) is -0.402. The number of nitrogens with zero attached hydrogens (tertiary/aromatic N) is 2. The number of halogens is 2. The molecule has 0 saturated heterocycles. The average molecular weight is 905 g/mol. The first-order valence-electron chi connectivity index (χ1n) is 25.3. The van der Waals surface area contributed by atoms with Crippen molar-refractivity contribution in [3.05, 3.63) is 227 Å². The van der Waals surface area contributed by atoms with Crippen LogP contribution in [0.15, 0.2) is 182 Å². The molecular formula is C65H58F2N2. The third kappa shape index (κ3) is 5.75. The van der Waals surface area contributed by atoms with Crippen molar-refractivity contribution in [3.8, 4) is 33.4 Å². The molecule has 2 fully saturated rings. The molecule has 3 aliphatic carbocycles. The highest BCUT2D eigenvalue weighted by Crippen LogP contribution is 2.64. The highest BCUT2D eigenvalue weighted by Gasteiger charge is 2.59. The van der Waals surface area contributed by atoms with Gasteiger partial charge in [-0.3, -0.25) is 0 Å². The van der Waals surface area contributed by atoms with Gasteiger partial charge < -0.3 is 9.80 Å². The Morgan fingerprint density at radius 3 is 1.14 bits per heavy atom. The van der Waals surface area contributed by atoms with Crippen LogP contribution in [0.2, 0.25) is 0 Å². The summed E-state index contributed by atoms with van der Waals surface area (Å²) in [7, 11) is 0. The summed E-state index contributed by atoms with van der Waals surface area (Å²) in [6, 6.07) is 65.1. The molecule has 4 unspecified atom stereocenters. The second-order valence-electron chi connectivity index (χ2n) is 21.7. The highest BCUT2D eigenvalue weighted by atomic mass is 19.1. The van der Waals surface area contributed by atoms with Gasteiger partial charge in [-0.2, -0.15) is 0 Å². The van der Waals surface area contributed by atoms with E-state index in [1.807, 2.05) is 12.1 Å². The summed E-state index contributed by atoms with van der Waals surface area (Å²) in [5, 5.41) is 0. The maximum absolute atomic E-state index is 14.9. The third-order valence-electron chi connectivity index (χ3n) is 18.6. The molecule has 0 radical (unpaired) electrons. The van der Waals surface area contributed by atoms with E-state index in [4.69, 9.17) is 0 Å². The Hall–Kier alpha value is -6.78. The maximum Gasteiger partial charge on any atom is 0.125 e. The van der Waals surface area contributed by atoms with Crippen molar-refractivity contribution in [2.24, 2.45) is 0 Å². The first-order valence-corrected chi connectivity index (χ1v) is 25.3. The van der Waals surface area contributed by atoms with Crippen molar-refractivity contribution >= 4 is 22.7 Å². The van der Waals surface area contributed by atoms with Crippen molar-refractivity contribution < 1.29 is 8.78 Å². The van der Waals surface area contributed by atoms with E-state index in [-0.39, 0.29) is 33.5 Å². The van der Waals surface area contributed by atoms with Gasteiger partial charge in [-0.25, -0.2) is 8.78 Å². The Labute approximate surface area is 406 Å². The van der Waals surface area contributed by atoms with Crippen LogP contribution in [-0.4, -0.2) is 11.1 Å². The van der Waals surface area contributed by atoms with Crippen molar-refractivity contribution in [1.82, 2.24) is 0 Å². The SMILES string of the molecule is CC12CCCCC1(C)N(c1cccc(F)c1)c1ccc(-c3ccc4c(c3)C(c3ccccc3)(c3ccccc3)c3cc(-c5ccc6c(c5)C5(C)CCCCC5(C)N6c5cccc(F)c5)ccc3-4)cc12. The van der Waals surface area contributed by atoms with Gasteiger partial charge in [0.2, 0.25) is 0 Å². The molecule has 342 valence electrons. The first-order chi connectivity index (χ1) is 33.5. The Morgan fingerprint density at radius 1 is 0.362 bits per heavy atom. The van der Waals surface area contributed by atoms with Crippen LogP contribution >= 0.6 is 0 Å². The van der Waals surface area contributed by atoms with E-state index in [1.54, 1.807) is 24.3 Å². The van der Waals surface area contributed by atoms with Crippen LogP contribution in [0.25, 0.3) is 33.4 Å². The predicted octanol–water partition coefficient (Wildman–Crippen LogP) is 17.1. The molecule has 2 aliphatic heterocycles. The molecule has 69 heavy (non-hydrogen) atoms. The molecule has 0 bridgehead atoms. The maximum atomic E-state index is 14.9. The van der Waals surface area contributed by atoms with Gasteiger partial charge in [-0.15, -0.1) is 0 Å². The molecular weight excluding hydrogens is 847 g/mol. The summed E-state index contributed by atoms with van der Waals surface area (Å²) >= 11 is 0. The zero-order valence-electron chi connectivity index (χ0n) is 40.1. The molecule has 0 aromatic heterocycles. The minimum atomic E-state index is -0.600. The number of anilines is 4. The normalized spacial score (nSPS) is 24.8. The van der Waals surface area contributed by atoms with Crippen molar-refractivity contribution in [3.63, 3.8) is 0 Å². The first kappa shape index (κ1) is 42.3. The number of hydrogen-bond acceptors (Lipinski definition) is 2. The largest absolute Gasteiger partial charge is 0.334 e. The number of hydrogen-bond donors (Lipinski definition) is 0. The van der Waals surface area contributed by atoms with Gasteiger partial charge >= 0.3 is 0 Å². The number of rotatable bonds is 6. The van der Waals surface area contributed by atoms with E-state index < -0.39 is 5.41 Å². The van der Waals surface area contributed by atoms with E-state index in [2.05, 4.69) is 183 Å². The average Bonchev–Trinajstić information content (AvgIpc) is 3.87. The van der Waals surface area contributed by atoms with Crippen molar-refractivity contribution in [1.29, 1.82) is 0 Å². The fourth-order valence-corrected chi connectivity index (χ4v) is 14.7. The molecule has 0 amide bonds. The van der Waals surface area contributed by atoms with E-state index in [1.165, 1.54) is 91.0 Å². The minimum Gasteiger partial charge on any atom is -0.334 e. The van der Waals surface area contributed by atoms with Crippen LogP contribution in [0.4, 0.5) is 31.5 Å². The molecule has 5 aliphatic rings. The lowest BCUT2D eigenvalue weighted by atomic mass is 9.61. The fraction of sp³-hybridized carbons (Fsp3) is 0.262. The van der Waals surface area contributed by atoms with Crippen LogP contribution in [0.3, 0.4) is 0 Å². The van der Waals surface area contributed by atoms with Gasteiger partial charge in [0.15, 0.2) is 0 Å². The molecule has 8 aromatic rings. The van der Waals surface area contributed by atoms with Gasteiger partial charge in [-0.1, -0.05) is 149 Å². The summed E-state index contributed by atoms with van der Waals surface area (Å²) < 4.78 is 29.8. The molecule has 13 rings (SSSR count). The van der Waals surface area contributed by atoms with Gasteiger partial charge in [-0.05, 0) is 179 Å².